The number of aliphatic hydroxyl groups is 1. The first-order chi connectivity index (χ1) is 16.7. The van der Waals surface area contributed by atoms with Gasteiger partial charge in [0.15, 0.2) is 11.5 Å². The number of ether oxygens (including phenoxy) is 4. The van der Waals surface area contributed by atoms with Gasteiger partial charge in [0, 0.05) is 13.7 Å². The van der Waals surface area contributed by atoms with Gasteiger partial charge in [-0.1, -0.05) is 35.3 Å². The van der Waals surface area contributed by atoms with Gasteiger partial charge in [-0.15, -0.1) is 0 Å². The highest BCUT2D eigenvalue weighted by Crippen LogP contribution is 2.47. The molecular weight excluding hydrogens is 497 g/mol. The zero-order valence-electron chi connectivity index (χ0n) is 20.1. The molecule has 1 heterocycles. The number of methoxy groups -OCH3 is 3. The Morgan fingerprint density at radius 1 is 1.06 bits per heavy atom. The molecule has 0 radical (unpaired) electrons. The lowest BCUT2D eigenvalue weighted by Gasteiger charge is -2.25. The fourth-order valence-corrected chi connectivity index (χ4v) is 4.63. The molecule has 0 aromatic heterocycles. The molecule has 0 aliphatic carbocycles. The normalized spacial score (nSPS) is 17.3. The minimum atomic E-state index is -0.886. The van der Waals surface area contributed by atoms with Crippen molar-refractivity contribution in [1.29, 1.82) is 0 Å². The van der Waals surface area contributed by atoms with E-state index < -0.39 is 23.5 Å². The molecule has 35 heavy (non-hydrogen) atoms. The molecule has 1 atom stereocenters. The summed E-state index contributed by atoms with van der Waals surface area (Å²) in [6, 6.07) is 7.46. The van der Waals surface area contributed by atoms with E-state index in [9.17, 15) is 14.7 Å². The topological polar surface area (TPSA) is 94.5 Å². The van der Waals surface area contributed by atoms with Gasteiger partial charge in [0.25, 0.3) is 11.7 Å². The van der Waals surface area contributed by atoms with Gasteiger partial charge in [-0.05, 0) is 37.6 Å². The molecule has 2 aromatic rings. The lowest BCUT2D eigenvalue weighted by atomic mass is 9.95. The Morgan fingerprint density at radius 2 is 1.69 bits per heavy atom. The lowest BCUT2D eigenvalue weighted by molar-refractivity contribution is -0.140. The van der Waals surface area contributed by atoms with E-state index in [1.165, 1.54) is 32.3 Å². The van der Waals surface area contributed by atoms with Gasteiger partial charge in [0.2, 0.25) is 0 Å². The summed E-state index contributed by atoms with van der Waals surface area (Å²) >= 11 is 12.7. The zero-order valence-corrected chi connectivity index (χ0v) is 21.6. The molecule has 8 nitrogen and oxygen atoms in total. The number of benzene rings is 2. The van der Waals surface area contributed by atoms with E-state index in [1.807, 2.05) is 13.8 Å². The summed E-state index contributed by atoms with van der Waals surface area (Å²) in [6.07, 6.45) is -0.0229. The Kier molecular flexibility index (Phi) is 8.53. The minimum absolute atomic E-state index is 0.0180. The monoisotopic (exact) mass is 523 g/mol. The van der Waals surface area contributed by atoms with Crippen LogP contribution in [0.3, 0.4) is 0 Å². The molecule has 0 spiro atoms. The summed E-state index contributed by atoms with van der Waals surface area (Å²) in [5.41, 5.74) is 0.527. The van der Waals surface area contributed by atoms with Gasteiger partial charge in [0.05, 0.1) is 49.1 Å². The van der Waals surface area contributed by atoms with Crippen LogP contribution in [0, 0.1) is 0 Å². The maximum Gasteiger partial charge on any atom is 0.295 e. The molecule has 188 valence electrons. The van der Waals surface area contributed by atoms with E-state index in [1.54, 1.807) is 24.3 Å². The second-order valence-corrected chi connectivity index (χ2v) is 8.79. The number of amides is 1. The number of hydrogen-bond acceptors (Lipinski definition) is 7. The molecule has 1 fully saturated rings. The average molecular weight is 524 g/mol. The van der Waals surface area contributed by atoms with Crippen molar-refractivity contribution in [3.05, 3.63) is 57.1 Å². The number of aliphatic hydroxyl groups excluding tert-OH is 1. The first-order valence-electron chi connectivity index (χ1n) is 10.8. The second-order valence-electron chi connectivity index (χ2n) is 8.01. The Balaban J connectivity index is 2.22. The molecule has 1 aliphatic heterocycles. The molecule has 1 aliphatic rings. The third-order valence-electron chi connectivity index (χ3n) is 5.44. The van der Waals surface area contributed by atoms with E-state index in [4.69, 9.17) is 42.1 Å². The number of rotatable bonds is 9. The van der Waals surface area contributed by atoms with E-state index in [2.05, 4.69) is 0 Å². The molecule has 1 amide bonds. The molecule has 0 bridgehead atoms. The Labute approximate surface area is 213 Å². The van der Waals surface area contributed by atoms with Crippen LogP contribution in [0.15, 0.2) is 35.9 Å². The smallest absolute Gasteiger partial charge is 0.295 e. The van der Waals surface area contributed by atoms with Crippen LogP contribution >= 0.6 is 23.2 Å². The van der Waals surface area contributed by atoms with Gasteiger partial charge in [-0.25, -0.2) is 0 Å². The predicted molar refractivity (Wildman–Crippen MR) is 133 cm³/mol. The van der Waals surface area contributed by atoms with Crippen molar-refractivity contribution >= 4 is 40.7 Å². The molecule has 2 aromatic carbocycles. The predicted octanol–water partition coefficient (Wildman–Crippen LogP) is 4.87. The van der Waals surface area contributed by atoms with Gasteiger partial charge in [-0.2, -0.15) is 0 Å². The molecule has 0 saturated carbocycles. The van der Waals surface area contributed by atoms with E-state index in [-0.39, 0.29) is 51.9 Å². The first kappa shape index (κ1) is 26.7. The van der Waals surface area contributed by atoms with Crippen molar-refractivity contribution in [1.82, 2.24) is 4.90 Å². The van der Waals surface area contributed by atoms with Crippen molar-refractivity contribution in [2.75, 3.05) is 34.5 Å². The maximum absolute atomic E-state index is 13.2. The SMILES string of the molecule is COCCN1C(=O)C(=O)/C(=C(/O)c2cc(Cl)c(OC)c(Cl)c2OC)C1c1ccc(OC(C)C)cc1. The fourth-order valence-electron chi connectivity index (χ4n) is 3.94. The molecular formula is C25H27Cl2NO7. The van der Waals surface area contributed by atoms with Gasteiger partial charge in [-0.3, -0.25) is 9.59 Å². The number of likely N-dealkylation sites (tertiary alicyclic amines) is 1. The molecule has 10 heteroatoms. The van der Waals surface area contributed by atoms with Gasteiger partial charge >= 0.3 is 0 Å². The summed E-state index contributed by atoms with van der Waals surface area (Å²) in [7, 11) is 4.24. The number of carbonyl (C=O) groups is 2. The van der Waals surface area contributed by atoms with Crippen LogP contribution in [0.1, 0.15) is 31.0 Å². The molecule has 1 N–H and O–H groups in total. The third kappa shape index (κ3) is 5.19. The number of Topliss-reactive ketones (excluding diaryl/α,β-unsaturated/α-hetero) is 1. The van der Waals surface area contributed by atoms with E-state index in [0.717, 1.165) is 0 Å². The van der Waals surface area contributed by atoms with Crippen LogP contribution in [0.25, 0.3) is 5.76 Å². The Morgan fingerprint density at radius 3 is 2.23 bits per heavy atom. The van der Waals surface area contributed by atoms with E-state index >= 15 is 0 Å². The number of carbonyl (C=O) groups excluding carboxylic acids is 2. The quantitative estimate of drug-likeness (QED) is 0.284. The van der Waals surface area contributed by atoms with Crippen molar-refractivity contribution < 1.29 is 33.6 Å². The fraction of sp³-hybridized carbons (Fsp3) is 0.360. The average Bonchev–Trinajstić information content (AvgIpc) is 3.07. The Bertz CT molecular complexity index is 1150. The number of hydrogen-bond donors (Lipinski definition) is 1. The van der Waals surface area contributed by atoms with Crippen molar-refractivity contribution in [3.8, 4) is 17.2 Å². The maximum atomic E-state index is 13.2. The summed E-state index contributed by atoms with van der Waals surface area (Å²) in [6.45, 7) is 4.15. The highest BCUT2D eigenvalue weighted by atomic mass is 35.5. The van der Waals surface area contributed by atoms with Crippen LogP contribution in [0.4, 0.5) is 0 Å². The molecule has 3 rings (SSSR count). The van der Waals surface area contributed by atoms with Crippen LogP contribution < -0.4 is 14.2 Å². The molecule has 1 unspecified atom stereocenters. The number of nitrogens with zero attached hydrogens (tertiary/aromatic N) is 1. The first-order valence-corrected chi connectivity index (χ1v) is 11.6. The summed E-state index contributed by atoms with van der Waals surface area (Å²) < 4.78 is 21.4. The van der Waals surface area contributed by atoms with Gasteiger partial charge < -0.3 is 29.0 Å². The lowest BCUT2D eigenvalue weighted by Crippen LogP contribution is -2.32. The van der Waals surface area contributed by atoms with Crippen molar-refractivity contribution in [2.24, 2.45) is 0 Å². The largest absolute Gasteiger partial charge is 0.507 e. The van der Waals surface area contributed by atoms with E-state index in [0.29, 0.717) is 11.3 Å². The van der Waals surface area contributed by atoms with Gasteiger partial charge in [0.1, 0.15) is 16.5 Å². The zero-order chi connectivity index (χ0) is 25.9. The number of halogens is 2. The number of ketones is 1. The summed E-state index contributed by atoms with van der Waals surface area (Å²) in [4.78, 5) is 27.5. The highest BCUT2D eigenvalue weighted by molar-refractivity contribution is 6.47. The minimum Gasteiger partial charge on any atom is -0.507 e. The third-order valence-corrected chi connectivity index (χ3v) is 6.06. The van der Waals surface area contributed by atoms with Crippen LogP contribution in [0.2, 0.25) is 10.0 Å². The van der Waals surface area contributed by atoms with Crippen molar-refractivity contribution in [3.63, 3.8) is 0 Å². The Hall–Kier alpha value is -2.94. The standard InChI is InChI=1S/C25H27Cl2NO7/c1-13(2)35-15-8-6-14(7-9-15)20-18(22(30)25(31)28(20)10-11-32-3)21(29)16-12-17(26)24(34-5)19(27)23(16)33-4/h6-9,12-13,20,29H,10-11H2,1-5H3/b21-18+. The van der Waals surface area contributed by atoms with Crippen LogP contribution in [-0.2, 0) is 14.3 Å². The van der Waals surface area contributed by atoms with Crippen LogP contribution in [0.5, 0.6) is 17.2 Å². The summed E-state index contributed by atoms with van der Waals surface area (Å²) in [5, 5.41) is 11.5. The van der Waals surface area contributed by atoms with Crippen LogP contribution in [-0.4, -0.2) is 62.3 Å². The highest BCUT2D eigenvalue weighted by Gasteiger charge is 2.46. The van der Waals surface area contributed by atoms with Crippen molar-refractivity contribution in [2.45, 2.75) is 26.0 Å². The summed E-state index contributed by atoms with van der Waals surface area (Å²) in [5.74, 6) is -1.25. The second kappa shape index (κ2) is 11.2. The molecule has 1 saturated heterocycles.